The molecule has 0 radical (unpaired) electrons. The second-order valence-electron chi connectivity index (χ2n) is 5.34. The number of rotatable bonds is 4. The molecule has 0 spiro atoms. The quantitative estimate of drug-likeness (QED) is 0.775. The standard InChI is InChI=1S/C13H20N4O3/c1-17(9-10-7-14-15-8-10)12(20)16-13(11(18)19)5-3-2-4-6-13/h7-8H,2-6,9H2,1H3,(H,14,15)(H,16,20)(H,18,19). The summed E-state index contributed by atoms with van der Waals surface area (Å²) in [5, 5.41) is 18.6. The van der Waals surface area contributed by atoms with E-state index in [1.807, 2.05) is 0 Å². The summed E-state index contributed by atoms with van der Waals surface area (Å²) in [6.45, 7) is 0.387. The summed E-state index contributed by atoms with van der Waals surface area (Å²) in [5.74, 6) is -0.942. The molecular weight excluding hydrogens is 260 g/mol. The molecule has 7 nitrogen and oxygen atoms in total. The molecule has 0 bridgehead atoms. The van der Waals surface area contributed by atoms with Crippen LogP contribution in [0.4, 0.5) is 4.79 Å². The zero-order valence-corrected chi connectivity index (χ0v) is 11.6. The van der Waals surface area contributed by atoms with E-state index in [1.54, 1.807) is 19.4 Å². The summed E-state index contributed by atoms with van der Waals surface area (Å²) >= 11 is 0. The number of aliphatic carboxylic acids is 1. The average Bonchev–Trinajstić information content (AvgIpc) is 2.92. The van der Waals surface area contributed by atoms with Crippen LogP contribution in [0, 0.1) is 0 Å². The Morgan fingerprint density at radius 3 is 2.70 bits per heavy atom. The van der Waals surface area contributed by atoms with Crippen LogP contribution in [-0.4, -0.2) is 44.8 Å². The molecule has 7 heteroatoms. The van der Waals surface area contributed by atoms with Crippen molar-refractivity contribution in [1.29, 1.82) is 0 Å². The van der Waals surface area contributed by atoms with E-state index in [0.717, 1.165) is 24.8 Å². The zero-order valence-electron chi connectivity index (χ0n) is 11.6. The molecular formula is C13H20N4O3. The van der Waals surface area contributed by atoms with Crippen molar-refractivity contribution < 1.29 is 14.7 Å². The van der Waals surface area contributed by atoms with Crippen molar-refractivity contribution in [3.63, 3.8) is 0 Å². The van der Waals surface area contributed by atoms with E-state index >= 15 is 0 Å². The van der Waals surface area contributed by atoms with Crippen LogP contribution in [0.2, 0.25) is 0 Å². The summed E-state index contributed by atoms with van der Waals surface area (Å²) in [6.07, 6.45) is 7.02. The number of H-pyrrole nitrogens is 1. The molecule has 3 N–H and O–H groups in total. The molecule has 0 saturated heterocycles. The molecule has 1 aromatic heterocycles. The van der Waals surface area contributed by atoms with E-state index in [0.29, 0.717) is 19.4 Å². The minimum atomic E-state index is -1.11. The molecule has 0 aliphatic heterocycles. The Bertz CT molecular complexity index is 466. The van der Waals surface area contributed by atoms with Gasteiger partial charge in [-0.3, -0.25) is 5.10 Å². The number of nitrogens with zero attached hydrogens (tertiary/aromatic N) is 2. The summed E-state index contributed by atoms with van der Waals surface area (Å²) in [4.78, 5) is 25.1. The lowest BCUT2D eigenvalue weighted by Crippen LogP contribution is -2.58. The fourth-order valence-electron chi connectivity index (χ4n) is 2.56. The van der Waals surface area contributed by atoms with Crippen LogP contribution in [0.1, 0.15) is 37.7 Å². The van der Waals surface area contributed by atoms with Gasteiger partial charge < -0.3 is 15.3 Å². The molecule has 2 amide bonds. The number of carboxylic acid groups (broad SMARTS) is 1. The van der Waals surface area contributed by atoms with E-state index in [2.05, 4.69) is 15.5 Å². The summed E-state index contributed by atoms with van der Waals surface area (Å²) in [7, 11) is 1.64. The van der Waals surface area contributed by atoms with Crippen molar-refractivity contribution in [2.45, 2.75) is 44.2 Å². The number of aromatic nitrogens is 2. The smallest absolute Gasteiger partial charge is 0.329 e. The van der Waals surface area contributed by atoms with Gasteiger partial charge >= 0.3 is 12.0 Å². The minimum Gasteiger partial charge on any atom is -0.480 e. The van der Waals surface area contributed by atoms with Crippen molar-refractivity contribution in [1.82, 2.24) is 20.4 Å². The second-order valence-corrected chi connectivity index (χ2v) is 5.34. The normalized spacial score (nSPS) is 17.4. The van der Waals surface area contributed by atoms with Crippen LogP contribution >= 0.6 is 0 Å². The Balaban J connectivity index is 1.99. The fourth-order valence-corrected chi connectivity index (χ4v) is 2.56. The van der Waals surface area contributed by atoms with Crippen LogP contribution in [0.5, 0.6) is 0 Å². The molecule has 2 rings (SSSR count). The summed E-state index contributed by atoms with van der Waals surface area (Å²) in [5.41, 5.74) is -0.240. The highest BCUT2D eigenvalue weighted by molar-refractivity contribution is 5.86. The molecule has 20 heavy (non-hydrogen) atoms. The first-order valence-corrected chi connectivity index (χ1v) is 6.78. The highest BCUT2D eigenvalue weighted by atomic mass is 16.4. The first-order valence-electron chi connectivity index (χ1n) is 6.78. The third-order valence-corrected chi connectivity index (χ3v) is 3.78. The zero-order chi connectivity index (χ0) is 14.6. The Kier molecular flexibility index (Phi) is 4.26. The molecule has 110 valence electrons. The minimum absolute atomic E-state index is 0.365. The Morgan fingerprint density at radius 2 is 2.15 bits per heavy atom. The van der Waals surface area contributed by atoms with Gasteiger partial charge in [0.2, 0.25) is 0 Å². The highest BCUT2D eigenvalue weighted by Crippen LogP contribution is 2.28. The van der Waals surface area contributed by atoms with Gasteiger partial charge in [0.1, 0.15) is 5.54 Å². The van der Waals surface area contributed by atoms with Gasteiger partial charge in [-0.2, -0.15) is 5.10 Å². The predicted molar refractivity (Wildman–Crippen MR) is 72.0 cm³/mol. The molecule has 1 saturated carbocycles. The fraction of sp³-hybridized carbons (Fsp3) is 0.615. The molecule has 1 aliphatic carbocycles. The van der Waals surface area contributed by atoms with Crippen molar-refractivity contribution >= 4 is 12.0 Å². The first-order chi connectivity index (χ1) is 9.53. The van der Waals surface area contributed by atoms with Crippen molar-refractivity contribution in [2.75, 3.05) is 7.05 Å². The Morgan fingerprint density at radius 1 is 1.45 bits per heavy atom. The number of hydrogen-bond acceptors (Lipinski definition) is 3. The molecule has 0 unspecified atom stereocenters. The van der Waals surface area contributed by atoms with Gasteiger partial charge in [0, 0.05) is 18.8 Å². The maximum atomic E-state index is 12.2. The Labute approximate surface area is 117 Å². The van der Waals surface area contributed by atoms with Crippen molar-refractivity contribution in [2.24, 2.45) is 0 Å². The molecule has 1 aliphatic rings. The number of hydrogen-bond donors (Lipinski definition) is 3. The van der Waals surface area contributed by atoms with Gasteiger partial charge in [-0.15, -0.1) is 0 Å². The van der Waals surface area contributed by atoms with E-state index < -0.39 is 11.5 Å². The number of carbonyl (C=O) groups is 2. The van der Waals surface area contributed by atoms with Crippen LogP contribution in [0.3, 0.4) is 0 Å². The SMILES string of the molecule is CN(Cc1cn[nH]c1)C(=O)NC1(C(=O)O)CCCCC1. The van der Waals surface area contributed by atoms with Crippen LogP contribution < -0.4 is 5.32 Å². The number of urea groups is 1. The van der Waals surface area contributed by atoms with E-state index in [9.17, 15) is 14.7 Å². The monoisotopic (exact) mass is 280 g/mol. The molecule has 0 aromatic carbocycles. The lowest BCUT2D eigenvalue weighted by atomic mass is 9.82. The molecule has 0 atom stereocenters. The van der Waals surface area contributed by atoms with Gasteiger partial charge in [-0.1, -0.05) is 19.3 Å². The van der Waals surface area contributed by atoms with E-state index in [-0.39, 0.29) is 6.03 Å². The molecule has 1 heterocycles. The third-order valence-electron chi connectivity index (χ3n) is 3.78. The third kappa shape index (κ3) is 3.09. The van der Waals surface area contributed by atoms with Crippen molar-refractivity contribution in [3.05, 3.63) is 18.0 Å². The summed E-state index contributed by atoms with van der Waals surface area (Å²) < 4.78 is 0. The molecule has 1 aromatic rings. The van der Waals surface area contributed by atoms with Gasteiger partial charge in [-0.25, -0.2) is 9.59 Å². The highest BCUT2D eigenvalue weighted by Gasteiger charge is 2.41. The van der Waals surface area contributed by atoms with Crippen LogP contribution in [0.25, 0.3) is 0 Å². The van der Waals surface area contributed by atoms with Gasteiger partial charge in [0.25, 0.3) is 0 Å². The van der Waals surface area contributed by atoms with E-state index in [4.69, 9.17) is 0 Å². The van der Waals surface area contributed by atoms with E-state index in [1.165, 1.54) is 4.90 Å². The number of carbonyl (C=O) groups excluding carboxylic acids is 1. The molecule has 1 fully saturated rings. The van der Waals surface area contributed by atoms with Gasteiger partial charge in [-0.05, 0) is 12.8 Å². The average molecular weight is 280 g/mol. The number of amides is 2. The number of nitrogens with one attached hydrogen (secondary N) is 2. The summed E-state index contributed by atoms with van der Waals surface area (Å²) in [6, 6.07) is -0.365. The first kappa shape index (κ1) is 14.4. The second kappa shape index (κ2) is 5.94. The van der Waals surface area contributed by atoms with Crippen LogP contribution in [0.15, 0.2) is 12.4 Å². The van der Waals surface area contributed by atoms with Gasteiger partial charge in [0.05, 0.1) is 12.7 Å². The number of aromatic amines is 1. The largest absolute Gasteiger partial charge is 0.480 e. The van der Waals surface area contributed by atoms with Gasteiger partial charge in [0.15, 0.2) is 0 Å². The number of carboxylic acids is 1. The Hall–Kier alpha value is -2.05. The maximum Gasteiger partial charge on any atom is 0.329 e. The predicted octanol–water partition coefficient (Wildman–Crippen LogP) is 1.34. The van der Waals surface area contributed by atoms with Crippen molar-refractivity contribution in [3.8, 4) is 0 Å². The maximum absolute atomic E-state index is 12.2. The lowest BCUT2D eigenvalue weighted by molar-refractivity contribution is -0.145. The lowest BCUT2D eigenvalue weighted by Gasteiger charge is -2.35. The topological polar surface area (TPSA) is 98.3 Å². The van der Waals surface area contributed by atoms with Crippen LogP contribution in [-0.2, 0) is 11.3 Å².